The third-order valence-electron chi connectivity index (χ3n) is 5.79. The Labute approximate surface area is 201 Å². The fraction of sp³-hybridized carbons (Fsp3) is 0.310. The van der Waals surface area contributed by atoms with Gasteiger partial charge < -0.3 is 15.0 Å². The number of ether oxygens (including phenoxy) is 1. The Morgan fingerprint density at radius 3 is 2.44 bits per heavy atom. The SMILES string of the molecule is CCCCc1nc2c(N)cccc2n1Cc1ccc(-c2ccccc2C(=O)OC(C)(C)C)cc1. The summed E-state index contributed by atoms with van der Waals surface area (Å²) in [7, 11) is 0. The van der Waals surface area contributed by atoms with E-state index >= 15 is 0 Å². The van der Waals surface area contributed by atoms with Crippen molar-refractivity contribution in [3.05, 3.63) is 83.7 Å². The number of nitrogens with zero attached hydrogens (tertiary/aromatic N) is 2. The number of benzene rings is 3. The topological polar surface area (TPSA) is 70.1 Å². The van der Waals surface area contributed by atoms with Crippen LogP contribution >= 0.6 is 0 Å². The van der Waals surface area contributed by atoms with E-state index in [0.29, 0.717) is 17.8 Å². The number of unbranched alkanes of at least 4 members (excludes halogenated alkanes) is 1. The number of esters is 1. The zero-order chi connectivity index (χ0) is 24.3. The van der Waals surface area contributed by atoms with Crippen LogP contribution in [0.25, 0.3) is 22.2 Å². The standard InChI is InChI=1S/C29H33N3O2/c1-5-6-14-26-31-27-24(30)12-9-13-25(27)32(26)19-20-15-17-21(18-16-20)22-10-7-8-11-23(22)28(33)34-29(2,3)4/h7-13,15-18H,5-6,14,19,30H2,1-4H3. The summed E-state index contributed by atoms with van der Waals surface area (Å²) in [6.07, 6.45) is 3.13. The highest BCUT2D eigenvalue weighted by molar-refractivity contribution is 5.97. The lowest BCUT2D eigenvalue weighted by molar-refractivity contribution is 0.00704. The number of hydrogen-bond donors (Lipinski definition) is 1. The molecule has 0 aliphatic carbocycles. The van der Waals surface area contributed by atoms with Gasteiger partial charge in [0.2, 0.25) is 0 Å². The normalized spacial score (nSPS) is 11.6. The molecule has 176 valence electrons. The highest BCUT2D eigenvalue weighted by atomic mass is 16.6. The van der Waals surface area contributed by atoms with Gasteiger partial charge in [-0.05, 0) is 62.1 Å². The van der Waals surface area contributed by atoms with Crippen LogP contribution in [0.5, 0.6) is 0 Å². The number of anilines is 1. The predicted octanol–water partition coefficient (Wildman–Crippen LogP) is 6.63. The smallest absolute Gasteiger partial charge is 0.339 e. The highest BCUT2D eigenvalue weighted by Crippen LogP contribution is 2.28. The predicted molar refractivity (Wildman–Crippen MR) is 139 cm³/mol. The molecule has 3 aromatic carbocycles. The van der Waals surface area contributed by atoms with Crippen LogP contribution in [0, 0.1) is 0 Å². The number of carbonyl (C=O) groups is 1. The van der Waals surface area contributed by atoms with E-state index in [0.717, 1.165) is 52.8 Å². The van der Waals surface area contributed by atoms with Crippen molar-refractivity contribution in [2.45, 2.75) is 59.1 Å². The molecule has 0 atom stereocenters. The number of aryl methyl sites for hydroxylation is 1. The molecule has 0 amide bonds. The van der Waals surface area contributed by atoms with Crippen molar-refractivity contribution in [3.8, 4) is 11.1 Å². The summed E-state index contributed by atoms with van der Waals surface area (Å²) in [5.41, 5.74) is 11.9. The summed E-state index contributed by atoms with van der Waals surface area (Å²) in [5.74, 6) is 0.754. The van der Waals surface area contributed by atoms with E-state index in [1.54, 1.807) is 0 Å². The summed E-state index contributed by atoms with van der Waals surface area (Å²) in [4.78, 5) is 17.6. The Kier molecular flexibility index (Phi) is 6.73. The van der Waals surface area contributed by atoms with Gasteiger partial charge in [-0.2, -0.15) is 0 Å². The van der Waals surface area contributed by atoms with E-state index in [1.165, 1.54) is 0 Å². The molecule has 4 aromatic rings. The maximum Gasteiger partial charge on any atom is 0.339 e. The van der Waals surface area contributed by atoms with Crippen LogP contribution in [-0.4, -0.2) is 21.1 Å². The van der Waals surface area contributed by atoms with Crippen molar-refractivity contribution in [1.29, 1.82) is 0 Å². The third-order valence-corrected chi connectivity index (χ3v) is 5.79. The van der Waals surface area contributed by atoms with Crippen molar-refractivity contribution in [3.63, 3.8) is 0 Å². The molecule has 5 nitrogen and oxygen atoms in total. The van der Waals surface area contributed by atoms with Gasteiger partial charge >= 0.3 is 5.97 Å². The van der Waals surface area contributed by atoms with E-state index in [9.17, 15) is 4.79 Å². The summed E-state index contributed by atoms with van der Waals surface area (Å²) in [6.45, 7) is 8.54. The molecular formula is C29H33N3O2. The van der Waals surface area contributed by atoms with Crippen LogP contribution in [0.1, 0.15) is 62.3 Å². The molecule has 0 unspecified atom stereocenters. The molecular weight excluding hydrogens is 422 g/mol. The number of nitrogen functional groups attached to an aromatic ring is 1. The number of hydrogen-bond acceptors (Lipinski definition) is 4. The van der Waals surface area contributed by atoms with E-state index in [-0.39, 0.29) is 5.97 Å². The van der Waals surface area contributed by atoms with Crippen molar-refractivity contribution < 1.29 is 9.53 Å². The number of rotatable bonds is 7. The minimum atomic E-state index is -0.541. The quantitative estimate of drug-likeness (QED) is 0.251. The number of carbonyl (C=O) groups excluding carboxylic acids is 1. The number of para-hydroxylation sites is 1. The lowest BCUT2D eigenvalue weighted by Gasteiger charge is -2.20. The van der Waals surface area contributed by atoms with Crippen LogP contribution in [0.15, 0.2) is 66.7 Å². The monoisotopic (exact) mass is 455 g/mol. The Morgan fingerprint density at radius 2 is 1.74 bits per heavy atom. The minimum absolute atomic E-state index is 0.310. The number of imidazole rings is 1. The molecule has 0 bridgehead atoms. The Hall–Kier alpha value is -3.60. The van der Waals surface area contributed by atoms with Crippen LogP contribution < -0.4 is 5.73 Å². The number of aromatic nitrogens is 2. The van der Waals surface area contributed by atoms with Crippen LogP contribution in [-0.2, 0) is 17.7 Å². The van der Waals surface area contributed by atoms with E-state index in [2.05, 4.69) is 41.8 Å². The number of fused-ring (bicyclic) bond motifs is 1. The lowest BCUT2D eigenvalue weighted by Crippen LogP contribution is -2.24. The molecule has 2 N–H and O–H groups in total. The molecule has 0 aliphatic heterocycles. The molecule has 0 fully saturated rings. The van der Waals surface area contributed by atoms with Gasteiger partial charge in [0.05, 0.1) is 16.8 Å². The number of nitrogens with two attached hydrogens (primary N) is 1. The average Bonchev–Trinajstić information content (AvgIpc) is 3.15. The maximum absolute atomic E-state index is 12.8. The first kappa shape index (κ1) is 23.6. The second-order valence-electron chi connectivity index (χ2n) is 9.68. The zero-order valence-corrected chi connectivity index (χ0v) is 20.5. The van der Waals surface area contributed by atoms with Crippen LogP contribution in [0.2, 0.25) is 0 Å². The summed E-state index contributed by atoms with van der Waals surface area (Å²) >= 11 is 0. The first-order valence-corrected chi connectivity index (χ1v) is 11.9. The Bertz CT molecular complexity index is 1300. The second kappa shape index (κ2) is 9.72. The molecule has 1 heterocycles. The van der Waals surface area contributed by atoms with Gasteiger partial charge in [0.15, 0.2) is 0 Å². The summed E-state index contributed by atoms with van der Waals surface area (Å²) in [5, 5.41) is 0. The summed E-state index contributed by atoms with van der Waals surface area (Å²) < 4.78 is 7.89. The highest BCUT2D eigenvalue weighted by Gasteiger charge is 2.20. The fourth-order valence-electron chi connectivity index (χ4n) is 4.14. The first-order chi connectivity index (χ1) is 16.3. The molecule has 0 spiro atoms. The molecule has 0 saturated heterocycles. The van der Waals surface area contributed by atoms with E-state index < -0.39 is 5.60 Å². The molecule has 34 heavy (non-hydrogen) atoms. The Morgan fingerprint density at radius 1 is 1.00 bits per heavy atom. The fourth-order valence-corrected chi connectivity index (χ4v) is 4.14. The van der Waals surface area contributed by atoms with Crippen LogP contribution in [0.3, 0.4) is 0 Å². The van der Waals surface area contributed by atoms with E-state index in [4.69, 9.17) is 15.5 Å². The molecule has 4 rings (SSSR count). The molecule has 1 aromatic heterocycles. The largest absolute Gasteiger partial charge is 0.456 e. The summed E-state index contributed by atoms with van der Waals surface area (Å²) in [6, 6.07) is 21.9. The minimum Gasteiger partial charge on any atom is -0.456 e. The van der Waals surface area contributed by atoms with Gasteiger partial charge in [0.1, 0.15) is 16.9 Å². The van der Waals surface area contributed by atoms with Gasteiger partial charge in [0, 0.05) is 13.0 Å². The van der Waals surface area contributed by atoms with Gasteiger partial charge in [0.25, 0.3) is 0 Å². The van der Waals surface area contributed by atoms with Crippen molar-refractivity contribution in [2.24, 2.45) is 0 Å². The van der Waals surface area contributed by atoms with Crippen molar-refractivity contribution in [1.82, 2.24) is 9.55 Å². The molecule has 0 aliphatic rings. The van der Waals surface area contributed by atoms with Gasteiger partial charge in [-0.15, -0.1) is 0 Å². The van der Waals surface area contributed by atoms with Gasteiger partial charge in [-0.3, -0.25) is 0 Å². The zero-order valence-electron chi connectivity index (χ0n) is 20.5. The van der Waals surface area contributed by atoms with Gasteiger partial charge in [-0.1, -0.05) is 61.9 Å². The van der Waals surface area contributed by atoms with E-state index in [1.807, 2.05) is 57.2 Å². The Balaban J connectivity index is 1.64. The van der Waals surface area contributed by atoms with Crippen molar-refractivity contribution in [2.75, 3.05) is 5.73 Å². The van der Waals surface area contributed by atoms with Crippen LogP contribution in [0.4, 0.5) is 5.69 Å². The first-order valence-electron chi connectivity index (χ1n) is 11.9. The molecule has 0 saturated carbocycles. The molecule has 0 radical (unpaired) electrons. The van der Waals surface area contributed by atoms with Crippen molar-refractivity contribution >= 4 is 22.7 Å². The maximum atomic E-state index is 12.8. The lowest BCUT2D eigenvalue weighted by atomic mass is 9.98. The second-order valence-corrected chi connectivity index (χ2v) is 9.68. The van der Waals surface area contributed by atoms with Gasteiger partial charge in [-0.25, -0.2) is 9.78 Å². The average molecular weight is 456 g/mol. The molecule has 5 heteroatoms. The third kappa shape index (κ3) is 5.14.